The van der Waals surface area contributed by atoms with Crippen LogP contribution < -0.4 is 0 Å². The SMILES string of the molecule is C=C/C=C\C(=C/C)c1nc(C2=CCCC=C2)nc2c1sc1cccc(Cl)c12. The summed E-state index contributed by atoms with van der Waals surface area (Å²) in [4.78, 5) is 9.89. The van der Waals surface area contributed by atoms with E-state index in [-0.39, 0.29) is 0 Å². The monoisotopic (exact) mass is 390 g/mol. The van der Waals surface area contributed by atoms with E-state index in [0.717, 1.165) is 60.8 Å². The fourth-order valence-corrected chi connectivity index (χ4v) is 4.73. The predicted molar refractivity (Wildman–Crippen MR) is 119 cm³/mol. The molecule has 2 nitrogen and oxygen atoms in total. The van der Waals surface area contributed by atoms with E-state index in [1.165, 1.54) is 0 Å². The standard InChI is InChI=1S/C23H19ClN2S/c1-3-5-10-15(4-2)20-22-21(19-17(24)13-9-14-18(19)27-22)26-23(25-20)16-11-7-6-8-12-16/h3-5,7,9-14H,1,6,8H2,2H3/b10-5-,15-4+. The molecule has 0 radical (unpaired) electrons. The minimum absolute atomic E-state index is 0.728. The summed E-state index contributed by atoms with van der Waals surface area (Å²) in [5.74, 6) is 0.749. The van der Waals surface area contributed by atoms with Crippen LogP contribution in [0.4, 0.5) is 0 Å². The van der Waals surface area contributed by atoms with Gasteiger partial charge in [-0.2, -0.15) is 0 Å². The highest BCUT2D eigenvalue weighted by molar-refractivity contribution is 7.26. The summed E-state index contributed by atoms with van der Waals surface area (Å²) in [6, 6.07) is 5.99. The molecule has 4 heteroatoms. The van der Waals surface area contributed by atoms with Gasteiger partial charge in [0.05, 0.1) is 20.9 Å². The maximum absolute atomic E-state index is 6.54. The molecule has 1 aliphatic carbocycles. The predicted octanol–water partition coefficient (Wildman–Crippen LogP) is 7.38. The molecule has 0 unspecified atom stereocenters. The fraction of sp³-hybridized carbons (Fsp3) is 0.130. The summed E-state index contributed by atoms with van der Waals surface area (Å²) in [5.41, 5.74) is 3.98. The molecule has 2 heterocycles. The maximum Gasteiger partial charge on any atom is 0.160 e. The lowest BCUT2D eigenvalue weighted by atomic mass is 10.1. The van der Waals surface area contributed by atoms with Gasteiger partial charge in [-0.05, 0) is 37.5 Å². The van der Waals surface area contributed by atoms with Crippen LogP contribution in [0, 0.1) is 0 Å². The normalized spacial score (nSPS) is 15.0. The Morgan fingerprint density at radius 3 is 2.89 bits per heavy atom. The van der Waals surface area contributed by atoms with Gasteiger partial charge in [0, 0.05) is 15.7 Å². The van der Waals surface area contributed by atoms with E-state index in [2.05, 4.69) is 36.9 Å². The van der Waals surface area contributed by atoms with E-state index in [0.29, 0.717) is 0 Å². The molecule has 3 aromatic rings. The number of nitrogens with zero attached hydrogens (tertiary/aromatic N) is 2. The summed E-state index contributed by atoms with van der Waals surface area (Å²) in [5, 5.41) is 1.73. The number of thiophene rings is 1. The topological polar surface area (TPSA) is 25.8 Å². The number of fused-ring (bicyclic) bond motifs is 3. The molecule has 134 valence electrons. The summed E-state index contributed by atoms with van der Waals surface area (Å²) in [6.07, 6.45) is 16.4. The molecule has 0 saturated carbocycles. The van der Waals surface area contributed by atoms with Gasteiger partial charge < -0.3 is 0 Å². The first-order valence-corrected chi connectivity index (χ1v) is 10.1. The maximum atomic E-state index is 6.54. The number of benzene rings is 1. The molecule has 0 amide bonds. The largest absolute Gasteiger partial charge is 0.226 e. The number of hydrogen-bond donors (Lipinski definition) is 0. The van der Waals surface area contributed by atoms with Gasteiger partial charge in [-0.25, -0.2) is 9.97 Å². The van der Waals surface area contributed by atoms with E-state index in [1.807, 2.05) is 31.2 Å². The minimum Gasteiger partial charge on any atom is -0.226 e. The smallest absolute Gasteiger partial charge is 0.160 e. The zero-order valence-corrected chi connectivity index (χ0v) is 16.6. The van der Waals surface area contributed by atoms with Crippen molar-refractivity contribution in [2.75, 3.05) is 0 Å². The third-order valence-corrected chi connectivity index (χ3v) is 6.01. The molecule has 27 heavy (non-hydrogen) atoms. The Morgan fingerprint density at radius 1 is 1.26 bits per heavy atom. The summed E-state index contributed by atoms with van der Waals surface area (Å²) >= 11 is 8.23. The lowest BCUT2D eigenvalue weighted by Gasteiger charge is -2.10. The molecule has 4 rings (SSSR count). The first-order chi connectivity index (χ1) is 13.2. The van der Waals surface area contributed by atoms with Crippen molar-refractivity contribution in [2.24, 2.45) is 0 Å². The fourth-order valence-electron chi connectivity index (χ4n) is 3.23. The van der Waals surface area contributed by atoms with Crippen molar-refractivity contribution in [3.63, 3.8) is 0 Å². The summed E-state index contributed by atoms with van der Waals surface area (Å²) < 4.78 is 2.19. The highest BCUT2D eigenvalue weighted by atomic mass is 35.5. The van der Waals surface area contributed by atoms with Crippen LogP contribution in [-0.4, -0.2) is 9.97 Å². The lowest BCUT2D eigenvalue weighted by molar-refractivity contribution is 1.03. The van der Waals surface area contributed by atoms with Crippen LogP contribution in [0.2, 0.25) is 5.02 Å². The van der Waals surface area contributed by atoms with Gasteiger partial charge in [0.2, 0.25) is 0 Å². The van der Waals surface area contributed by atoms with Crippen LogP contribution in [0.5, 0.6) is 0 Å². The molecule has 0 saturated heterocycles. The van der Waals surface area contributed by atoms with Crippen LogP contribution >= 0.6 is 22.9 Å². The third kappa shape index (κ3) is 3.29. The molecular formula is C23H19ClN2S. The second-order valence-corrected chi connectivity index (χ2v) is 7.73. The van der Waals surface area contributed by atoms with E-state index in [4.69, 9.17) is 21.6 Å². The van der Waals surface area contributed by atoms with Gasteiger partial charge in [-0.15, -0.1) is 11.3 Å². The number of halogens is 1. The van der Waals surface area contributed by atoms with Gasteiger partial charge in [0.15, 0.2) is 5.82 Å². The Hall–Kier alpha value is -2.49. The average Bonchev–Trinajstić information content (AvgIpc) is 3.09. The van der Waals surface area contributed by atoms with Crippen molar-refractivity contribution in [3.8, 4) is 0 Å². The van der Waals surface area contributed by atoms with Crippen LogP contribution in [0.15, 0.2) is 67.3 Å². The zero-order chi connectivity index (χ0) is 18.8. The van der Waals surface area contributed by atoms with Crippen LogP contribution in [-0.2, 0) is 0 Å². The molecule has 1 aromatic carbocycles. The number of allylic oxidation sites excluding steroid dienone is 9. The van der Waals surface area contributed by atoms with Gasteiger partial charge in [-0.1, -0.05) is 66.8 Å². The molecule has 0 aliphatic heterocycles. The number of hydrogen-bond acceptors (Lipinski definition) is 3. The highest BCUT2D eigenvalue weighted by Crippen LogP contribution is 2.40. The third-order valence-electron chi connectivity index (χ3n) is 4.54. The van der Waals surface area contributed by atoms with E-state index in [9.17, 15) is 0 Å². The van der Waals surface area contributed by atoms with Gasteiger partial charge in [-0.3, -0.25) is 0 Å². The van der Waals surface area contributed by atoms with Gasteiger partial charge in [0.1, 0.15) is 0 Å². The molecule has 0 N–H and O–H groups in total. The molecule has 0 bridgehead atoms. The Kier molecular flexibility index (Phi) is 5.06. The summed E-state index contributed by atoms with van der Waals surface area (Å²) in [6.45, 7) is 5.80. The quantitative estimate of drug-likeness (QED) is 0.434. The van der Waals surface area contributed by atoms with E-state index in [1.54, 1.807) is 17.4 Å². The molecule has 0 atom stereocenters. The Bertz CT molecular complexity index is 1160. The second-order valence-electron chi connectivity index (χ2n) is 6.27. The van der Waals surface area contributed by atoms with Crippen molar-refractivity contribution in [3.05, 3.63) is 83.9 Å². The van der Waals surface area contributed by atoms with Crippen molar-refractivity contribution in [1.29, 1.82) is 0 Å². The Morgan fingerprint density at radius 2 is 2.15 bits per heavy atom. The van der Waals surface area contributed by atoms with Gasteiger partial charge >= 0.3 is 0 Å². The number of rotatable bonds is 4. The Labute approximate surface area is 167 Å². The highest BCUT2D eigenvalue weighted by Gasteiger charge is 2.18. The van der Waals surface area contributed by atoms with Crippen LogP contribution in [0.25, 0.3) is 31.4 Å². The molecule has 2 aromatic heterocycles. The number of aromatic nitrogens is 2. The first kappa shape index (κ1) is 17.9. The molecule has 0 spiro atoms. The van der Waals surface area contributed by atoms with E-state index < -0.39 is 0 Å². The minimum atomic E-state index is 0.728. The average molecular weight is 391 g/mol. The van der Waals surface area contributed by atoms with E-state index >= 15 is 0 Å². The van der Waals surface area contributed by atoms with Crippen molar-refractivity contribution >= 4 is 54.4 Å². The second kappa shape index (κ2) is 7.63. The molecular weight excluding hydrogens is 372 g/mol. The molecule has 0 fully saturated rings. The van der Waals surface area contributed by atoms with Crippen molar-refractivity contribution in [2.45, 2.75) is 19.8 Å². The van der Waals surface area contributed by atoms with Crippen molar-refractivity contribution < 1.29 is 0 Å². The Balaban J connectivity index is 2.08. The zero-order valence-electron chi connectivity index (χ0n) is 15.1. The van der Waals surface area contributed by atoms with Crippen LogP contribution in [0.3, 0.4) is 0 Å². The first-order valence-electron chi connectivity index (χ1n) is 8.94. The molecule has 1 aliphatic rings. The summed E-state index contributed by atoms with van der Waals surface area (Å²) in [7, 11) is 0. The van der Waals surface area contributed by atoms with Gasteiger partial charge in [0.25, 0.3) is 0 Å². The lowest BCUT2D eigenvalue weighted by Crippen LogP contribution is -1.99. The van der Waals surface area contributed by atoms with Crippen molar-refractivity contribution in [1.82, 2.24) is 9.97 Å². The van der Waals surface area contributed by atoms with Crippen LogP contribution in [0.1, 0.15) is 31.3 Å².